The van der Waals surface area contributed by atoms with E-state index in [0.717, 1.165) is 11.3 Å². The van der Waals surface area contributed by atoms with Crippen LogP contribution >= 0.6 is 11.3 Å². The second-order valence-corrected chi connectivity index (χ2v) is 7.12. The molecule has 0 aliphatic heterocycles. The third-order valence-electron chi connectivity index (χ3n) is 4.05. The summed E-state index contributed by atoms with van der Waals surface area (Å²) < 4.78 is 15.5. The van der Waals surface area contributed by atoms with E-state index in [9.17, 15) is 9.59 Å². The number of rotatable bonds is 8. The van der Waals surface area contributed by atoms with Gasteiger partial charge in [0.25, 0.3) is 5.91 Å². The Balaban J connectivity index is 1.52. The fraction of sp³-hybridized carbons (Fsp3) is 0.200. The summed E-state index contributed by atoms with van der Waals surface area (Å²) in [6.45, 7) is 0.118. The fourth-order valence-corrected chi connectivity index (χ4v) is 3.20. The van der Waals surface area contributed by atoms with Crippen molar-refractivity contribution in [3.63, 3.8) is 0 Å². The molecule has 0 radical (unpaired) electrons. The monoisotopic (exact) mass is 443 g/mol. The highest BCUT2D eigenvalue weighted by Crippen LogP contribution is 2.29. The number of aromatic nitrogens is 2. The van der Waals surface area contributed by atoms with Gasteiger partial charge in [0, 0.05) is 17.4 Å². The van der Waals surface area contributed by atoms with E-state index in [1.807, 2.05) is 0 Å². The van der Waals surface area contributed by atoms with E-state index in [1.54, 1.807) is 49.6 Å². The van der Waals surface area contributed by atoms with Crippen molar-refractivity contribution < 1.29 is 23.8 Å². The molecule has 0 saturated heterocycles. The minimum atomic E-state index is -0.438. The third-order valence-corrected chi connectivity index (χ3v) is 4.97. The van der Waals surface area contributed by atoms with Crippen LogP contribution in [0.15, 0.2) is 42.5 Å². The van der Waals surface area contributed by atoms with Crippen molar-refractivity contribution in [2.24, 2.45) is 0 Å². The van der Waals surface area contributed by atoms with Gasteiger partial charge in [-0.3, -0.25) is 4.79 Å². The maximum absolute atomic E-state index is 12.3. The van der Waals surface area contributed by atoms with Crippen molar-refractivity contribution in [1.29, 1.82) is 0 Å². The maximum atomic E-state index is 12.3. The summed E-state index contributed by atoms with van der Waals surface area (Å²) in [7, 11) is 4.61. The third kappa shape index (κ3) is 5.82. The normalized spacial score (nSPS) is 10.2. The Labute approximate surface area is 182 Å². The van der Waals surface area contributed by atoms with Gasteiger partial charge in [-0.25, -0.2) is 4.79 Å². The lowest BCUT2D eigenvalue weighted by molar-refractivity contribution is 0.102. The summed E-state index contributed by atoms with van der Waals surface area (Å²) in [5.74, 6) is 1.36. The van der Waals surface area contributed by atoms with E-state index in [-0.39, 0.29) is 17.5 Å². The quantitative estimate of drug-likeness (QED) is 0.489. The molecule has 0 atom stereocenters. The van der Waals surface area contributed by atoms with Crippen LogP contribution in [0.1, 0.15) is 14.8 Å². The summed E-state index contributed by atoms with van der Waals surface area (Å²) in [5.41, 5.74) is 1.14. The minimum absolute atomic E-state index is 0.118. The highest BCUT2D eigenvalue weighted by atomic mass is 32.1. The number of hydrogen-bond donors (Lipinski definition) is 3. The Hall–Kier alpha value is -3.86. The van der Waals surface area contributed by atoms with Gasteiger partial charge >= 0.3 is 6.03 Å². The smallest absolute Gasteiger partial charge is 0.319 e. The second-order valence-electron chi connectivity index (χ2n) is 6.06. The molecule has 11 heteroatoms. The van der Waals surface area contributed by atoms with Crippen LogP contribution in [0.3, 0.4) is 0 Å². The molecule has 31 heavy (non-hydrogen) atoms. The fourth-order valence-electron chi connectivity index (χ4n) is 2.52. The average molecular weight is 443 g/mol. The molecular formula is C20H21N5O5S. The Morgan fingerprint density at radius 1 is 0.871 bits per heavy atom. The molecule has 0 aliphatic rings. The summed E-state index contributed by atoms with van der Waals surface area (Å²) in [4.78, 5) is 24.5. The van der Waals surface area contributed by atoms with E-state index >= 15 is 0 Å². The Morgan fingerprint density at radius 2 is 1.58 bits per heavy atom. The van der Waals surface area contributed by atoms with Gasteiger partial charge in [0.1, 0.15) is 10.8 Å². The number of nitrogens with zero attached hydrogens (tertiary/aromatic N) is 2. The minimum Gasteiger partial charge on any atom is -0.497 e. The summed E-state index contributed by atoms with van der Waals surface area (Å²) in [5, 5.41) is 16.6. The zero-order valence-electron chi connectivity index (χ0n) is 17.1. The van der Waals surface area contributed by atoms with Crippen molar-refractivity contribution in [3.05, 3.63) is 52.5 Å². The molecule has 1 heterocycles. The van der Waals surface area contributed by atoms with Crippen LogP contribution in [0.25, 0.3) is 0 Å². The zero-order valence-corrected chi connectivity index (χ0v) is 17.9. The number of amides is 3. The van der Waals surface area contributed by atoms with Crippen molar-refractivity contribution in [2.75, 3.05) is 32.0 Å². The molecule has 3 N–H and O–H groups in total. The largest absolute Gasteiger partial charge is 0.497 e. The number of benzene rings is 2. The number of urea groups is 1. The average Bonchev–Trinajstić information content (AvgIpc) is 3.27. The van der Waals surface area contributed by atoms with E-state index in [2.05, 4.69) is 26.1 Å². The zero-order chi connectivity index (χ0) is 22.2. The predicted molar refractivity (Wildman–Crippen MR) is 116 cm³/mol. The number of ether oxygens (including phenoxy) is 3. The first-order valence-corrected chi connectivity index (χ1v) is 9.88. The number of anilines is 2. The molecule has 3 amide bonds. The van der Waals surface area contributed by atoms with Gasteiger partial charge in [-0.05, 0) is 36.4 Å². The maximum Gasteiger partial charge on any atom is 0.319 e. The first-order valence-electron chi connectivity index (χ1n) is 9.07. The molecule has 3 rings (SSSR count). The molecule has 3 aromatic rings. The standard InChI is InChI=1S/C20H21N5O5S/c1-28-14-7-4-12(5-8-14)22-18(26)19-25-24-17(31-19)11-21-20(27)23-13-6-9-15(29-2)16(10-13)30-3/h4-10H,11H2,1-3H3,(H,22,26)(H2,21,23,27). The molecule has 10 nitrogen and oxygen atoms in total. The van der Waals surface area contributed by atoms with Crippen LogP contribution in [0.4, 0.5) is 16.2 Å². The molecule has 0 fully saturated rings. The predicted octanol–water partition coefficient (Wildman–Crippen LogP) is 3.14. The van der Waals surface area contributed by atoms with Crippen molar-refractivity contribution in [3.8, 4) is 17.2 Å². The lowest BCUT2D eigenvalue weighted by Gasteiger charge is -2.10. The summed E-state index contributed by atoms with van der Waals surface area (Å²) in [6.07, 6.45) is 0. The van der Waals surface area contributed by atoms with E-state index in [0.29, 0.717) is 33.6 Å². The first kappa shape index (κ1) is 21.8. The van der Waals surface area contributed by atoms with Crippen LogP contribution in [-0.4, -0.2) is 43.5 Å². The van der Waals surface area contributed by atoms with Crippen LogP contribution in [0.5, 0.6) is 17.2 Å². The number of hydrogen-bond acceptors (Lipinski definition) is 8. The van der Waals surface area contributed by atoms with Gasteiger partial charge in [-0.1, -0.05) is 11.3 Å². The highest BCUT2D eigenvalue weighted by molar-refractivity contribution is 7.13. The van der Waals surface area contributed by atoms with E-state index < -0.39 is 6.03 Å². The molecule has 162 valence electrons. The van der Waals surface area contributed by atoms with Crippen molar-refractivity contribution >= 4 is 34.6 Å². The molecule has 0 spiro atoms. The van der Waals surface area contributed by atoms with E-state index in [1.165, 1.54) is 14.2 Å². The molecule has 0 bridgehead atoms. The summed E-state index contributed by atoms with van der Waals surface area (Å²) in [6, 6.07) is 11.5. The molecule has 0 aliphatic carbocycles. The number of nitrogens with one attached hydrogen (secondary N) is 3. The number of carbonyl (C=O) groups is 2. The number of methoxy groups -OCH3 is 3. The van der Waals surface area contributed by atoms with Gasteiger partial charge in [0.05, 0.1) is 27.9 Å². The van der Waals surface area contributed by atoms with Crippen LogP contribution in [-0.2, 0) is 6.54 Å². The van der Waals surface area contributed by atoms with Gasteiger partial charge in [-0.15, -0.1) is 10.2 Å². The Morgan fingerprint density at radius 3 is 2.26 bits per heavy atom. The topological polar surface area (TPSA) is 124 Å². The molecule has 2 aromatic carbocycles. The van der Waals surface area contributed by atoms with E-state index in [4.69, 9.17) is 14.2 Å². The SMILES string of the molecule is COc1ccc(NC(=O)c2nnc(CNC(=O)Nc3ccc(OC)c(OC)c3)s2)cc1. The lowest BCUT2D eigenvalue weighted by Crippen LogP contribution is -2.28. The number of carbonyl (C=O) groups excluding carboxylic acids is 2. The highest BCUT2D eigenvalue weighted by Gasteiger charge is 2.14. The van der Waals surface area contributed by atoms with Crippen LogP contribution in [0.2, 0.25) is 0 Å². The molecular weight excluding hydrogens is 422 g/mol. The van der Waals surface area contributed by atoms with Crippen molar-refractivity contribution in [2.45, 2.75) is 6.54 Å². The molecule has 0 saturated carbocycles. The van der Waals surface area contributed by atoms with Crippen molar-refractivity contribution in [1.82, 2.24) is 15.5 Å². The van der Waals surface area contributed by atoms with Gasteiger partial charge in [0.15, 0.2) is 11.5 Å². The Kier molecular flexibility index (Phi) is 7.22. The second kappa shape index (κ2) is 10.3. The van der Waals surface area contributed by atoms with Crippen LogP contribution in [0, 0.1) is 0 Å². The van der Waals surface area contributed by atoms with Gasteiger partial charge in [-0.2, -0.15) is 0 Å². The van der Waals surface area contributed by atoms with Gasteiger partial charge in [0.2, 0.25) is 5.01 Å². The first-order chi connectivity index (χ1) is 15.0. The molecule has 1 aromatic heterocycles. The lowest BCUT2D eigenvalue weighted by atomic mass is 10.3. The molecule has 0 unspecified atom stereocenters. The summed E-state index contributed by atoms with van der Waals surface area (Å²) >= 11 is 1.09. The van der Waals surface area contributed by atoms with Gasteiger partial charge < -0.3 is 30.2 Å². The Bertz CT molecular complexity index is 1050. The van der Waals surface area contributed by atoms with Crippen LogP contribution < -0.4 is 30.2 Å².